The maximum Gasteiger partial charge on any atom is 0.310 e. The van der Waals surface area contributed by atoms with Crippen molar-refractivity contribution in [1.29, 1.82) is 0 Å². The summed E-state index contributed by atoms with van der Waals surface area (Å²) in [5.74, 6) is -0.816. The van der Waals surface area contributed by atoms with E-state index < -0.39 is 12.3 Å². The summed E-state index contributed by atoms with van der Waals surface area (Å²) in [5.41, 5.74) is 0. The average Bonchev–Trinajstić information content (AvgIpc) is 2.26. The van der Waals surface area contributed by atoms with Gasteiger partial charge in [-0.05, 0) is 0 Å². The number of rotatable bonds is 5. The minimum absolute atomic E-state index is 0.297. The second kappa shape index (κ2) is 7.24. The molecule has 0 amide bonds. The van der Waals surface area contributed by atoms with E-state index in [4.69, 9.17) is 14.2 Å². The summed E-state index contributed by atoms with van der Waals surface area (Å²) < 4.78 is 14.8. The van der Waals surface area contributed by atoms with Gasteiger partial charge >= 0.3 is 11.9 Å². The molecule has 1 saturated heterocycles. The lowest BCUT2D eigenvalue weighted by Gasteiger charge is -2.26. The molecule has 0 bridgehead atoms. The number of carbonyl (C=O) groups is 2. The van der Waals surface area contributed by atoms with Gasteiger partial charge in [-0.2, -0.15) is 0 Å². The molecule has 6 heteroatoms. The fourth-order valence-corrected chi connectivity index (χ4v) is 1.58. The lowest BCUT2D eigenvalue weighted by Crippen LogP contribution is -2.37. The van der Waals surface area contributed by atoms with Crippen LogP contribution in [0.15, 0.2) is 0 Å². The molecule has 98 valence electrons. The van der Waals surface area contributed by atoms with Crippen LogP contribution in [0.1, 0.15) is 20.3 Å². The smallest absolute Gasteiger partial charge is 0.310 e. The Hall–Kier alpha value is -1.14. The molecule has 1 unspecified atom stereocenters. The first kappa shape index (κ1) is 13.9. The predicted molar refractivity (Wildman–Crippen MR) is 59.2 cm³/mol. The van der Waals surface area contributed by atoms with Gasteiger partial charge in [-0.1, -0.05) is 0 Å². The molecule has 1 heterocycles. The molecular formula is C11H19NO5. The maximum absolute atomic E-state index is 11.4. The number of hydrogen-bond donors (Lipinski definition) is 0. The van der Waals surface area contributed by atoms with E-state index in [-0.39, 0.29) is 5.97 Å². The summed E-state index contributed by atoms with van der Waals surface area (Å²) in [5, 5.41) is 0. The highest BCUT2D eigenvalue weighted by Crippen LogP contribution is 2.01. The molecule has 1 rings (SSSR count). The van der Waals surface area contributed by atoms with E-state index in [1.807, 2.05) is 0 Å². The molecule has 1 aliphatic heterocycles. The van der Waals surface area contributed by atoms with Crippen molar-refractivity contribution in [3.8, 4) is 0 Å². The summed E-state index contributed by atoms with van der Waals surface area (Å²) in [6, 6.07) is 0. The Kier molecular flexibility index (Phi) is 5.93. The molecule has 1 fully saturated rings. The van der Waals surface area contributed by atoms with Gasteiger partial charge in [0.05, 0.1) is 19.6 Å². The second-order valence-electron chi connectivity index (χ2n) is 3.87. The molecular weight excluding hydrogens is 226 g/mol. The summed E-state index contributed by atoms with van der Waals surface area (Å²) in [6.45, 7) is 6.54. The SMILES string of the molecule is CC(=O)OC(C)OC(=O)CCN1CCOCC1. The Labute approximate surface area is 101 Å². The fourth-order valence-electron chi connectivity index (χ4n) is 1.58. The quantitative estimate of drug-likeness (QED) is 0.508. The van der Waals surface area contributed by atoms with Crippen molar-refractivity contribution >= 4 is 11.9 Å². The van der Waals surface area contributed by atoms with Crippen LogP contribution in [0.3, 0.4) is 0 Å². The van der Waals surface area contributed by atoms with Crippen LogP contribution in [0.4, 0.5) is 0 Å². The highest BCUT2D eigenvalue weighted by Gasteiger charge is 2.15. The number of nitrogens with zero attached hydrogens (tertiary/aromatic N) is 1. The van der Waals surface area contributed by atoms with Crippen molar-refractivity contribution in [3.05, 3.63) is 0 Å². The van der Waals surface area contributed by atoms with Gasteiger partial charge in [-0.3, -0.25) is 14.5 Å². The van der Waals surface area contributed by atoms with E-state index in [0.717, 1.165) is 13.1 Å². The van der Waals surface area contributed by atoms with Crippen LogP contribution in [-0.2, 0) is 23.8 Å². The molecule has 0 aromatic carbocycles. The Morgan fingerprint density at radius 3 is 2.53 bits per heavy atom. The molecule has 0 aliphatic carbocycles. The fraction of sp³-hybridized carbons (Fsp3) is 0.818. The van der Waals surface area contributed by atoms with Gasteiger partial charge in [0, 0.05) is 33.5 Å². The Morgan fingerprint density at radius 1 is 1.29 bits per heavy atom. The zero-order valence-electron chi connectivity index (χ0n) is 10.3. The molecule has 0 radical (unpaired) electrons. The van der Waals surface area contributed by atoms with E-state index >= 15 is 0 Å². The molecule has 0 saturated carbocycles. The highest BCUT2D eigenvalue weighted by atomic mass is 16.7. The third-order valence-electron chi connectivity index (χ3n) is 2.37. The third-order valence-corrected chi connectivity index (χ3v) is 2.37. The maximum atomic E-state index is 11.4. The van der Waals surface area contributed by atoms with E-state index in [0.29, 0.717) is 26.2 Å². The van der Waals surface area contributed by atoms with Crippen molar-refractivity contribution in [2.75, 3.05) is 32.8 Å². The van der Waals surface area contributed by atoms with Crippen LogP contribution in [0.2, 0.25) is 0 Å². The van der Waals surface area contributed by atoms with Gasteiger partial charge in [0.2, 0.25) is 6.29 Å². The zero-order valence-corrected chi connectivity index (χ0v) is 10.3. The minimum Gasteiger partial charge on any atom is -0.426 e. The molecule has 6 nitrogen and oxygen atoms in total. The lowest BCUT2D eigenvalue weighted by atomic mass is 10.3. The average molecular weight is 245 g/mol. The number of ether oxygens (including phenoxy) is 3. The molecule has 1 aliphatic rings. The standard InChI is InChI=1S/C11H19NO5/c1-9(13)16-10(2)17-11(14)3-4-12-5-7-15-8-6-12/h10H,3-8H2,1-2H3. The number of morpholine rings is 1. The van der Waals surface area contributed by atoms with Gasteiger partial charge in [0.1, 0.15) is 0 Å². The van der Waals surface area contributed by atoms with Crippen molar-refractivity contribution in [2.45, 2.75) is 26.6 Å². The van der Waals surface area contributed by atoms with E-state index in [1.54, 1.807) is 0 Å². The van der Waals surface area contributed by atoms with Gasteiger partial charge in [0.15, 0.2) is 0 Å². The largest absolute Gasteiger partial charge is 0.426 e. The van der Waals surface area contributed by atoms with Gasteiger partial charge in [-0.15, -0.1) is 0 Å². The van der Waals surface area contributed by atoms with Crippen LogP contribution in [0, 0.1) is 0 Å². The molecule has 17 heavy (non-hydrogen) atoms. The van der Waals surface area contributed by atoms with E-state index in [1.165, 1.54) is 13.8 Å². The topological polar surface area (TPSA) is 65.1 Å². The van der Waals surface area contributed by atoms with Crippen LogP contribution in [0.25, 0.3) is 0 Å². The summed E-state index contributed by atoms with van der Waals surface area (Å²) >= 11 is 0. The van der Waals surface area contributed by atoms with Crippen molar-refractivity contribution in [3.63, 3.8) is 0 Å². The zero-order chi connectivity index (χ0) is 12.7. The predicted octanol–water partition coefficient (Wildman–Crippen LogP) is 0.161. The highest BCUT2D eigenvalue weighted by molar-refractivity contribution is 5.70. The first-order chi connectivity index (χ1) is 8.08. The van der Waals surface area contributed by atoms with Crippen LogP contribution in [0.5, 0.6) is 0 Å². The minimum atomic E-state index is -0.815. The lowest BCUT2D eigenvalue weighted by molar-refractivity contribution is -0.183. The Balaban J connectivity index is 2.13. The van der Waals surface area contributed by atoms with Crippen molar-refractivity contribution in [1.82, 2.24) is 4.90 Å². The normalized spacial score (nSPS) is 18.5. The summed E-state index contributed by atoms with van der Waals surface area (Å²) in [6.07, 6.45) is -0.518. The molecule has 0 spiro atoms. The van der Waals surface area contributed by atoms with E-state index in [2.05, 4.69) is 4.90 Å². The van der Waals surface area contributed by atoms with Crippen LogP contribution >= 0.6 is 0 Å². The monoisotopic (exact) mass is 245 g/mol. The first-order valence-electron chi connectivity index (χ1n) is 5.74. The molecule has 1 atom stereocenters. The second-order valence-corrected chi connectivity index (χ2v) is 3.87. The molecule has 0 aromatic rings. The Bertz CT molecular complexity index is 263. The Morgan fingerprint density at radius 2 is 1.94 bits per heavy atom. The number of esters is 2. The first-order valence-corrected chi connectivity index (χ1v) is 5.74. The van der Waals surface area contributed by atoms with Gasteiger partial charge in [-0.25, -0.2) is 0 Å². The summed E-state index contributed by atoms with van der Waals surface area (Å²) in [7, 11) is 0. The van der Waals surface area contributed by atoms with Crippen LogP contribution in [-0.4, -0.2) is 56.0 Å². The summed E-state index contributed by atoms with van der Waals surface area (Å²) in [4.78, 5) is 24.2. The molecule has 0 N–H and O–H groups in total. The number of carbonyl (C=O) groups excluding carboxylic acids is 2. The van der Waals surface area contributed by atoms with Crippen molar-refractivity contribution in [2.24, 2.45) is 0 Å². The van der Waals surface area contributed by atoms with Crippen LogP contribution < -0.4 is 0 Å². The van der Waals surface area contributed by atoms with Gasteiger partial charge in [0.25, 0.3) is 0 Å². The van der Waals surface area contributed by atoms with Gasteiger partial charge < -0.3 is 14.2 Å². The number of hydrogen-bond acceptors (Lipinski definition) is 6. The van der Waals surface area contributed by atoms with Crippen molar-refractivity contribution < 1.29 is 23.8 Å². The molecule has 0 aromatic heterocycles. The third kappa shape index (κ3) is 6.23. The van der Waals surface area contributed by atoms with E-state index in [9.17, 15) is 9.59 Å².